The number of hydrogen-bond acceptors (Lipinski definition) is 4. The minimum Gasteiger partial charge on any atom is -0.380 e. The summed E-state index contributed by atoms with van der Waals surface area (Å²) in [6.45, 7) is 10.3. The van der Waals surface area contributed by atoms with Gasteiger partial charge in [0.05, 0.1) is 17.5 Å². The van der Waals surface area contributed by atoms with Crippen LogP contribution in [0.3, 0.4) is 0 Å². The summed E-state index contributed by atoms with van der Waals surface area (Å²) < 4.78 is 39.3. The number of likely N-dealkylation sites (tertiary alicyclic amines) is 2. The highest BCUT2D eigenvalue weighted by atomic mass is 19.4. The van der Waals surface area contributed by atoms with Gasteiger partial charge in [-0.3, -0.25) is 9.78 Å². The van der Waals surface area contributed by atoms with Crippen LogP contribution in [0.1, 0.15) is 35.4 Å². The average Bonchev–Trinajstić information content (AvgIpc) is 3.08. The van der Waals surface area contributed by atoms with Crippen LogP contribution in [0.2, 0.25) is 0 Å². The third-order valence-corrected chi connectivity index (χ3v) is 7.30. The Kier molecular flexibility index (Phi) is 6.71. The Balaban J connectivity index is 1.39. The van der Waals surface area contributed by atoms with Crippen molar-refractivity contribution < 1.29 is 18.0 Å². The number of carbonyl (C=O) groups excluding carboxylic acids is 1. The van der Waals surface area contributed by atoms with E-state index in [1.54, 1.807) is 6.20 Å². The van der Waals surface area contributed by atoms with Crippen molar-refractivity contribution in [2.24, 2.45) is 5.41 Å². The molecule has 2 aliphatic heterocycles. The zero-order valence-electron chi connectivity index (χ0n) is 19.7. The number of nitrogens with one attached hydrogen (secondary N) is 1. The number of likely N-dealkylation sites (N-methyl/N-ethyl adjacent to an activating group) is 1. The quantitative estimate of drug-likeness (QED) is 0.645. The third-order valence-electron chi connectivity index (χ3n) is 7.30. The van der Waals surface area contributed by atoms with Crippen LogP contribution in [-0.4, -0.2) is 61.8 Å². The largest absolute Gasteiger partial charge is 0.416 e. The van der Waals surface area contributed by atoms with Gasteiger partial charge in [0.2, 0.25) is 5.91 Å². The molecule has 2 fully saturated rings. The Hall–Kier alpha value is -3.23. The summed E-state index contributed by atoms with van der Waals surface area (Å²) in [6.07, 6.45) is 0.498. The van der Waals surface area contributed by atoms with Crippen LogP contribution in [-0.2, 0) is 11.0 Å². The molecule has 1 unspecified atom stereocenters. The van der Waals surface area contributed by atoms with Gasteiger partial charge in [-0.25, -0.2) is 0 Å². The number of benzene rings is 1. The molecule has 9 heteroatoms. The predicted octanol–water partition coefficient (Wildman–Crippen LogP) is 3.31. The van der Waals surface area contributed by atoms with Crippen LogP contribution < -0.4 is 10.8 Å². The topological polar surface area (TPSA) is 48.5 Å². The van der Waals surface area contributed by atoms with Crippen molar-refractivity contribution in [1.82, 2.24) is 20.1 Å². The summed E-state index contributed by atoms with van der Waals surface area (Å²) in [5, 5.41) is 3.06. The van der Waals surface area contributed by atoms with E-state index in [9.17, 15) is 18.0 Å². The lowest BCUT2D eigenvalue weighted by Crippen LogP contribution is -2.46. The molecule has 1 atom stereocenters. The lowest BCUT2D eigenvalue weighted by Gasteiger charge is -2.42. The van der Waals surface area contributed by atoms with Gasteiger partial charge >= 0.3 is 6.18 Å². The summed E-state index contributed by atoms with van der Waals surface area (Å²) in [5.41, 5.74) is 1.34. The Morgan fingerprint density at radius 2 is 1.97 bits per heavy atom. The molecule has 1 amide bonds. The Morgan fingerprint density at radius 1 is 1.26 bits per heavy atom. The minimum atomic E-state index is -4.46. The van der Waals surface area contributed by atoms with E-state index in [1.807, 2.05) is 30.3 Å². The molecular weight excluding hydrogens is 452 g/mol. The van der Waals surface area contributed by atoms with Crippen LogP contribution in [0.5, 0.6) is 0 Å². The van der Waals surface area contributed by atoms with E-state index in [4.69, 9.17) is 7.85 Å². The lowest BCUT2D eigenvalue weighted by atomic mass is 9.68. The smallest absolute Gasteiger partial charge is 0.380 e. The lowest BCUT2D eigenvalue weighted by molar-refractivity contribution is -0.138. The third kappa shape index (κ3) is 4.81. The second-order valence-electron chi connectivity index (χ2n) is 9.37. The first-order chi connectivity index (χ1) is 16.5. The fraction of sp³-hybridized carbons (Fsp3) is 0.385. The first-order valence-corrected chi connectivity index (χ1v) is 11.5. The van der Waals surface area contributed by atoms with Crippen molar-refractivity contribution in [3.63, 3.8) is 0 Å². The zero-order chi connectivity index (χ0) is 25.4. The van der Waals surface area contributed by atoms with E-state index in [0.717, 1.165) is 23.4 Å². The highest BCUT2D eigenvalue weighted by molar-refractivity contribution is 6.34. The van der Waals surface area contributed by atoms with Gasteiger partial charge in [0.1, 0.15) is 7.85 Å². The van der Waals surface area contributed by atoms with Gasteiger partial charge in [-0.1, -0.05) is 36.8 Å². The number of halogens is 3. The van der Waals surface area contributed by atoms with Gasteiger partial charge in [0.15, 0.2) is 0 Å². The van der Waals surface area contributed by atoms with Gasteiger partial charge in [-0.15, -0.1) is 0 Å². The molecule has 2 aromatic rings. The molecule has 0 bridgehead atoms. The predicted molar refractivity (Wildman–Crippen MR) is 131 cm³/mol. The minimum absolute atomic E-state index is 0.0888. The summed E-state index contributed by atoms with van der Waals surface area (Å²) in [7, 11) is 7.74. The molecule has 35 heavy (non-hydrogen) atoms. The number of pyridine rings is 1. The van der Waals surface area contributed by atoms with Crippen molar-refractivity contribution in [3.8, 4) is 0 Å². The second-order valence-corrected chi connectivity index (χ2v) is 9.37. The van der Waals surface area contributed by atoms with E-state index in [2.05, 4.69) is 28.4 Å². The van der Waals surface area contributed by atoms with Crippen LogP contribution in [0.15, 0.2) is 61.6 Å². The number of alkyl halides is 3. The van der Waals surface area contributed by atoms with Gasteiger partial charge in [0.25, 0.3) is 0 Å². The Morgan fingerprint density at radius 3 is 2.60 bits per heavy atom. The summed E-state index contributed by atoms with van der Waals surface area (Å²) in [4.78, 5) is 21.4. The number of carbonyl (C=O) groups is 1. The van der Waals surface area contributed by atoms with Gasteiger partial charge < -0.3 is 15.1 Å². The first kappa shape index (κ1) is 24.9. The zero-order valence-corrected chi connectivity index (χ0v) is 19.7. The molecule has 182 valence electrons. The second kappa shape index (κ2) is 9.43. The molecule has 0 saturated carbocycles. The van der Waals surface area contributed by atoms with Gasteiger partial charge in [-0.05, 0) is 36.1 Å². The number of aromatic nitrogens is 1. The maximum Gasteiger partial charge on any atom is 0.416 e. The summed E-state index contributed by atoms with van der Waals surface area (Å²) in [6, 6.07) is 7.12. The van der Waals surface area contributed by atoms with Crippen molar-refractivity contribution in [1.29, 1.82) is 0 Å². The number of nitrogens with zero attached hydrogens (tertiary/aromatic N) is 3. The standard InChI is InChI=1S/C26H28BF3N4O/c1-17(14-32-18(2)21-13-20(26(28,29)30)6-7-23(21)27)34-11-8-25(9-12-34)22(16-33(3)24(25)35)19-5-4-10-31-15-19/h4-7,10,13,15,22,32H,1-2,8-9,11-12,14,16H2,3H3. The van der Waals surface area contributed by atoms with E-state index < -0.39 is 17.2 Å². The molecule has 1 spiro atoms. The van der Waals surface area contributed by atoms with E-state index >= 15 is 0 Å². The molecule has 2 saturated heterocycles. The Labute approximate surface area is 205 Å². The monoisotopic (exact) mass is 480 g/mol. The highest BCUT2D eigenvalue weighted by Gasteiger charge is 2.54. The van der Waals surface area contributed by atoms with Crippen LogP contribution >= 0.6 is 0 Å². The number of rotatable bonds is 6. The van der Waals surface area contributed by atoms with Crippen LogP contribution in [0, 0.1) is 5.41 Å². The number of piperidine rings is 1. The number of hydrogen-bond donors (Lipinski definition) is 1. The highest BCUT2D eigenvalue weighted by Crippen LogP contribution is 2.50. The van der Waals surface area contributed by atoms with Crippen LogP contribution in [0.4, 0.5) is 13.2 Å². The molecule has 0 aliphatic carbocycles. The van der Waals surface area contributed by atoms with Crippen molar-refractivity contribution in [2.75, 3.05) is 33.2 Å². The maximum atomic E-state index is 13.2. The summed E-state index contributed by atoms with van der Waals surface area (Å²) >= 11 is 0. The van der Waals surface area contributed by atoms with E-state index in [0.29, 0.717) is 44.7 Å². The SMILES string of the molecule is [B]c1ccc(C(F)(F)F)cc1C(=C)NCC(=C)N1CCC2(CC1)C(=O)N(C)CC2c1cccnc1. The van der Waals surface area contributed by atoms with Crippen LogP contribution in [0.25, 0.3) is 5.70 Å². The average molecular weight is 480 g/mol. The molecule has 4 rings (SSSR count). The van der Waals surface area contributed by atoms with Gasteiger partial charge in [0, 0.05) is 56.4 Å². The molecule has 5 nitrogen and oxygen atoms in total. The van der Waals surface area contributed by atoms with Crippen molar-refractivity contribution in [2.45, 2.75) is 24.9 Å². The Bertz CT molecular complexity index is 1130. The van der Waals surface area contributed by atoms with Crippen molar-refractivity contribution >= 4 is 24.9 Å². The molecule has 2 aliphatic rings. The van der Waals surface area contributed by atoms with Gasteiger partial charge in [-0.2, -0.15) is 13.2 Å². The van der Waals surface area contributed by atoms with E-state index in [1.165, 1.54) is 6.07 Å². The molecule has 3 heterocycles. The molecular formula is C26H28BF3N4O. The normalized spacial score (nSPS) is 19.8. The first-order valence-electron chi connectivity index (χ1n) is 11.5. The molecule has 1 aromatic carbocycles. The molecule has 1 aromatic heterocycles. The molecule has 1 N–H and O–H groups in total. The molecule has 2 radical (unpaired) electrons. The fourth-order valence-electron chi connectivity index (χ4n) is 5.26. The summed E-state index contributed by atoms with van der Waals surface area (Å²) in [5.74, 6) is 0.258. The van der Waals surface area contributed by atoms with Crippen molar-refractivity contribution in [3.05, 3.63) is 78.3 Å². The number of amides is 1. The fourth-order valence-corrected chi connectivity index (χ4v) is 5.26. The maximum absolute atomic E-state index is 13.2. The van der Waals surface area contributed by atoms with E-state index in [-0.39, 0.29) is 22.9 Å².